The Kier molecular flexibility index (Phi) is 58.7. The highest BCUT2D eigenvalue weighted by molar-refractivity contribution is 7.45. The normalized spacial score (nSPS) is 14.0. The zero-order chi connectivity index (χ0) is 59.3. The third-order valence-corrected chi connectivity index (χ3v) is 16.1. The van der Waals surface area contributed by atoms with Gasteiger partial charge in [0.05, 0.1) is 33.8 Å². The lowest BCUT2D eigenvalue weighted by Crippen LogP contribution is -2.47. The van der Waals surface area contributed by atoms with Gasteiger partial charge in [-0.25, -0.2) is 0 Å². The van der Waals surface area contributed by atoms with E-state index in [9.17, 15) is 19.0 Å². The van der Waals surface area contributed by atoms with Crippen molar-refractivity contribution in [2.45, 2.75) is 328 Å². The number of carbonyl (C=O) groups excluding carboxylic acids is 2. The van der Waals surface area contributed by atoms with Crippen LogP contribution in [0.15, 0.2) is 72.9 Å². The average molecular weight is 1160 g/mol. The largest absolute Gasteiger partial charge is 0.756 e. The van der Waals surface area contributed by atoms with Crippen LogP contribution >= 0.6 is 7.82 Å². The summed E-state index contributed by atoms with van der Waals surface area (Å²) in [4.78, 5) is 40.1. The van der Waals surface area contributed by atoms with Crippen molar-refractivity contribution >= 4 is 19.7 Å². The number of nitrogens with one attached hydrogen (secondary N) is 1. The van der Waals surface area contributed by atoms with Gasteiger partial charge in [-0.05, 0) is 102 Å². The number of allylic oxidation sites excluding steroid dienone is 11. The molecule has 0 bridgehead atoms. The molecule has 0 fully saturated rings. The fourth-order valence-electron chi connectivity index (χ4n) is 9.80. The van der Waals surface area contributed by atoms with Crippen molar-refractivity contribution in [1.82, 2.24) is 5.32 Å². The number of quaternary nitrogens is 1. The minimum Gasteiger partial charge on any atom is -0.756 e. The predicted octanol–water partition coefficient (Wildman–Crippen LogP) is 20.9. The lowest BCUT2D eigenvalue weighted by molar-refractivity contribution is -0.870. The maximum Gasteiger partial charge on any atom is 0.306 e. The molecule has 1 N–H and O–H groups in total. The molecule has 0 aromatic rings. The second-order valence-corrected chi connectivity index (χ2v) is 25.7. The van der Waals surface area contributed by atoms with Crippen LogP contribution in [-0.2, 0) is 27.9 Å². The van der Waals surface area contributed by atoms with Gasteiger partial charge in [0.2, 0.25) is 5.91 Å². The second kappa shape index (κ2) is 60.6. The van der Waals surface area contributed by atoms with Crippen LogP contribution in [0.25, 0.3) is 0 Å². The van der Waals surface area contributed by atoms with Crippen LogP contribution in [0.2, 0.25) is 0 Å². The molecule has 0 saturated carbocycles. The summed E-state index contributed by atoms with van der Waals surface area (Å²) in [5, 5.41) is 3.04. The first-order chi connectivity index (χ1) is 39.4. The minimum atomic E-state index is -4.71. The quantitative estimate of drug-likeness (QED) is 0.0212. The molecule has 9 nitrogen and oxygen atoms in total. The van der Waals surface area contributed by atoms with Gasteiger partial charge >= 0.3 is 5.97 Å². The van der Waals surface area contributed by atoms with E-state index in [1.807, 2.05) is 33.3 Å². The fraction of sp³-hybridized carbons (Fsp3) is 0.803. The number of phosphoric ester groups is 1. The highest BCUT2D eigenvalue weighted by Gasteiger charge is 2.27. The molecule has 81 heavy (non-hydrogen) atoms. The fourth-order valence-corrected chi connectivity index (χ4v) is 10.5. The summed E-state index contributed by atoms with van der Waals surface area (Å²) < 4.78 is 30.4. The Morgan fingerprint density at radius 1 is 0.432 bits per heavy atom. The number of unbranched alkanes of at least 4 members (excludes halogenated alkanes) is 36. The zero-order valence-electron chi connectivity index (χ0n) is 54.0. The van der Waals surface area contributed by atoms with E-state index in [1.54, 1.807) is 0 Å². The lowest BCUT2D eigenvalue weighted by Gasteiger charge is -2.30. The van der Waals surface area contributed by atoms with Crippen LogP contribution < -0.4 is 10.2 Å². The van der Waals surface area contributed by atoms with Crippen LogP contribution in [0.1, 0.15) is 316 Å². The highest BCUT2D eigenvalue weighted by atomic mass is 31.2. The van der Waals surface area contributed by atoms with E-state index in [0.717, 1.165) is 89.9 Å². The highest BCUT2D eigenvalue weighted by Crippen LogP contribution is 2.38. The predicted molar refractivity (Wildman–Crippen MR) is 348 cm³/mol. The molecular weight excluding hydrogens is 1020 g/mol. The van der Waals surface area contributed by atoms with Crippen LogP contribution in [0, 0.1) is 0 Å². The van der Waals surface area contributed by atoms with Gasteiger partial charge in [0.25, 0.3) is 7.82 Å². The number of esters is 1. The molecular formula is C71H131N2O7P. The second-order valence-electron chi connectivity index (χ2n) is 24.3. The number of ether oxygens (including phenoxy) is 1. The van der Waals surface area contributed by atoms with E-state index >= 15 is 0 Å². The molecule has 0 aliphatic rings. The summed E-state index contributed by atoms with van der Waals surface area (Å²) in [6, 6.07) is -0.894. The summed E-state index contributed by atoms with van der Waals surface area (Å²) in [5.74, 6) is -0.544. The van der Waals surface area contributed by atoms with E-state index in [2.05, 4.69) is 86.8 Å². The van der Waals surface area contributed by atoms with E-state index in [0.29, 0.717) is 17.4 Å². The van der Waals surface area contributed by atoms with Crippen LogP contribution in [0.4, 0.5) is 0 Å². The van der Waals surface area contributed by atoms with Crippen molar-refractivity contribution < 1.29 is 37.3 Å². The van der Waals surface area contributed by atoms with E-state index in [1.165, 1.54) is 193 Å². The number of hydrogen-bond acceptors (Lipinski definition) is 7. The first kappa shape index (κ1) is 78.5. The topological polar surface area (TPSA) is 114 Å². The summed E-state index contributed by atoms with van der Waals surface area (Å²) >= 11 is 0. The zero-order valence-corrected chi connectivity index (χ0v) is 54.9. The number of hydrogen-bond donors (Lipinski definition) is 1. The SMILES string of the molecule is CCCCC/C=C\C/C=C\C/C=C\CCCCCCCCCCC(=O)OC(/C=C/CCCCCCCCCCC)C(COP(=O)([O-])OCC[N+](C)(C)C)NC(=O)CCCCCCCCCCCCCCC/C=C\C/C=C\CCCCC. The van der Waals surface area contributed by atoms with Gasteiger partial charge in [0.1, 0.15) is 19.3 Å². The number of amides is 1. The standard InChI is InChI=1S/C71H131N2O7P/c1-7-10-13-16-19-22-25-27-29-31-33-35-36-38-39-41-43-45-48-51-54-57-60-63-70(74)72-68(67-79-81(76,77)78-66-65-73(4,5)6)69(62-59-56-53-50-47-24-21-18-15-12-9-3)80-71(75)64-61-58-55-52-49-46-44-42-40-37-34-32-30-28-26-23-20-17-14-11-8-2/h19-20,22-23,27-30,34,37,59,62,68-69H,7-18,21,24-26,31-33,35-36,38-58,60-61,63-67H2,1-6H3,(H-,72,74,76,77)/b22-19-,23-20-,29-27-,30-28-,37-34-,62-59+. The Labute approximate surface area is 502 Å². The van der Waals surface area contributed by atoms with Gasteiger partial charge < -0.3 is 28.5 Å². The average Bonchev–Trinajstić information content (AvgIpc) is 3.43. The van der Waals surface area contributed by atoms with E-state index in [-0.39, 0.29) is 24.9 Å². The third-order valence-electron chi connectivity index (χ3n) is 15.1. The number of rotatable bonds is 62. The van der Waals surface area contributed by atoms with Crippen molar-refractivity contribution in [3.8, 4) is 0 Å². The van der Waals surface area contributed by atoms with Crippen molar-refractivity contribution in [2.75, 3.05) is 40.9 Å². The number of likely N-dealkylation sites (N-methyl/N-ethyl adjacent to an activating group) is 1. The Balaban J connectivity index is 5.09. The number of carbonyl (C=O) groups is 2. The van der Waals surface area contributed by atoms with Gasteiger partial charge in [-0.1, -0.05) is 274 Å². The molecule has 0 radical (unpaired) electrons. The van der Waals surface area contributed by atoms with E-state index < -0.39 is 26.6 Å². The van der Waals surface area contributed by atoms with Crippen LogP contribution in [-0.4, -0.2) is 69.4 Å². The molecule has 0 saturated heterocycles. The Morgan fingerprint density at radius 2 is 0.753 bits per heavy atom. The molecule has 0 spiro atoms. The molecule has 3 unspecified atom stereocenters. The summed E-state index contributed by atoms with van der Waals surface area (Å²) in [7, 11) is 1.18. The maximum absolute atomic E-state index is 13.6. The molecule has 472 valence electrons. The molecule has 0 aliphatic heterocycles. The van der Waals surface area contributed by atoms with Gasteiger partial charge in [-0.15, -0.1) is 0 Å². The summed E-state index contributed by atoms with van der Waals surface area (Å²) in [6.07, 6.45) is 78.7. The smallest absolute Gasteiger partial charge is 0.306 e. The Hall–Kier alpha value is -2.55. The molecule has 0 aromatic carbocycles. The Bertz CT molecular complexity index is 1620. The van der Waals surface area contributed by atoms with Crippen molar-refractivity contribution in [3.05, 3.63) is 72.9 Å². The Morgan fingerprint density at radius 3 is 1.15 bits per heavy atom. The number of phosphoric acid groups is 1. The van der Waals surface area contributed by atoms with Crippen LogP contribution in [0.3, 0.4) is 0 Å². The number of nitrogens with zero attached hydrogens (tertiary/aromatic N) is 1. The molecule has 0 heterocycles. The molecule has 0 aliphatic carbocycles. The summed E-state index contributed by atoms with van der Waals surface area (Å²) in [5.41, 5.74) is 0. The molecule has 10 heteroatoms. The molecule has 0 aromatic heterocycles. The van der Waals surface area contributed by atoms with Crippen molar-refractivity contribution in [1.29, 1.82) is 0 Å². The molecule has 1 amide bonds. The van der Waals surface area contributed by atoms with Crippen molar-refractivity contribution in [3.63, 3.8) is 0 Å². The van der Waals surface area contributed by atoms with Gasteiger partial charge in [0.15, 0.2) is 0 Å². The summed E-state index contributed by atoms with van der Waals surface area (Å²) in [6.45, 7) is 6.81. The first-order valence-corrected chi connectivity index (χ1v) is 35.7. The maximum atomic E-state index is 13.6. The molecule has 3 atom stereocenters. The van der Waals surface area contributed by atoms with Crippen molar-refractivity contribution in [2.24, 2.45) is 0 Å². The minimum absolute atomic E-state index is 0.0251. The lowest BCUT2D eigenvalue weighted by atomic mass is 10.0. The first-order valence-electron chi connectivity index (χ1n) is 34.2. The third kappa shape index (κ3) is 61.8. The monoisotopic (exact) mass is 1150 g/mol. The molecule has 0 rings (SSSR count). The van der Waals surface area contributed by atoms with E-state index in [4.69, 9.17) is 13.8 Å². The van der Waals surface area contributed by atoms with Gasteiger partial charge in [0, 0.05) is 12.8 Å². The van der Waals surface area contributed by atoms with Gasteiger partial charge in [-0.3, -0.25) is 14.2 Å². The van der Waals surface area contributed by atoms with Gasteiger partial charge in [-0.2, -0.15) is 0 Å². The van der Waals surface area contributed by atoms with Crippen LogP contribution in [0.5, 0.6) is 0 Å².